The Balaban J connectivity index is 0.00000552. The van der Waals surface area contributed by atoms with Gasteiger partial charge in [0.25, 0.3) is 5.91 Å². The van der Waals surface area contributed by atoms with Crippen LogP contribution in [0.1, 0.15) is 60.0 Å². The van der Waals surface area contributed by atoms with E-state index in [1.165, 1.54) is 18.2 Å². The van der Waals surface area contributed by atoms with Crippen molar-refractivity contribution in [2.24, 2.45) is 0 Å². The van der Waals surface area contributed by atoms with Gasteiger partial charge in [-0.05, 0) is 60.9 Å². The summed E-state index contributed by atoms with van der Waals surface area (Å²) < 4.78 is 15.9. The Morgan fingerprint density at radius 1 is 1.00 bits per heavy atom. The first kappa shape index (κ1) is 35.4. The standard InChI is InChI=1S/C35H34FN3O5.Na/c1-22(2)39-30(16-15-28(40)18-29(41)19-31(42)43)32(26-11-13-27(36)14-12-26)33(25-9-4-3-5-10-25)34(39)35(44)38-21-24-8-6-7-23(17-24)20-37;/h3-17,22,28-29,40-41H,18-19,21H2,1-2H3,(H,38,44)(H,42,43);/q;+1/p-1/b16-15+;/t28-,29-;/m1./s1. The number of aliphatic hydroxyl groups excluding tert-OH is 2. The van der Waals surface area contributed by atoms with E-state index in [1.54, 1.807) is 36.4 Å². The molecule has 2 atom stereocenters. The van der Waals surface area contributed by atoms with Gasteiger partial charge in [0.2, 0.25) is 0 Å². The molecule has 4 rings (SSSR count). The van der Waals surface area contributed by atoms with E-state index < -0.39 is 30.4 Å². The summed E-state index contributed by atoms with van der Waals surface area (Å²) in [6.07, 6.45) is -0.300. The van der Waals surface area contributed by atoms with Crippen LogP contribution in [0.4, 0.5) is 4.39 Å². The molecule has 0 unspecified atom stereocenters. The van der Waals surface area contributed by atoms with Crippen LogP contribution in [-0.4, -0.2) is 38.9 Å². The van der Waals surface area contributed by atoms with E-state index in [1.807, 2.05) is 54.8 Å². The van der Waals surface area contributed by atoms with Gasteiger partial charge in [-0.3, -0.25) is 4.79 Å². The smallest absolute Gasteiger partial charge is 0.550 e. The molecule has 0 saturated heterocycles. The molecule has 0 fully saturated rings. The molecule has 45 heavy (non-hydrogen) atoms. The summed E-state index contributed by atoms with van der Waals surface area (Å²) in [5.41, 5.74) is 4.71. The van der Waals surface area contributed by atoms with E-state index in [0.29, 0.717) is 33.6 Å². The Bertz CT molecular complexity index is 1690. The van der Waals surface area contributed by atoms with E-state index in [2.05, 4.69) is 11.4 Å². The van der Waals surface area contributed by atoms with Gasteiger partial charge in [-0.25, -0.2) is 4.39 Å². The third-order valence-corrected chi connectivity index (χ3v) is 7.07. The van der Waals surface area contributed by atoms with Gasteiger partial charge in [-0.2, -0.15) is 5.26 Å². The predicted octanol–water partition coefficient (Wildman–Crippen LogP) is 1.61. The average molecular weight is 618 g/mol. The average Bonchev–Trinajstić information content (AvgIpc) is 3.35. The third kappa shape index (κ3) is 9.01. The van der Waals surface area contributed by atoms with Crippen molar-refractivity contribution >= 4 is 18.0 Å². The second-order valence-electron chi connectivity index (χ2n) is 10.7. The minimum Gasteiger partial charge on any atom is -0.550 e. The van der Waals surface area contributed by atoms with E-state index in [0.717, 1.165) is 11.1 Å². The number of nitriles is 1. The van der Waals surface area contributed by atoms with Crippen molar-refractivity contribution in [2.75, 3.05) is 0 Å². The molecule has 0 aliphatic rings. The number of carbonyl (C=O) groups is 2. The largest absolute Gasteiger partial charge is 1.00 e. The van der Waals surface area contributed by atoms with Crippen LogP contribution in [0.5, 0.6) is 0 Å². The molecule has 0 radical (unpaired) electrons. The maximum Gasteiger partial charge on any atom is 1.00 e. The van der Waals surface area contributed by atoms with Gasteiger partial charge in [-0.1, -0.05) is 60.7 Å². The first-order valence-electron chi connectivity index (χ1n) is 14.2. The monoisotopic (exact) mass is 617 g/mol. The molecule has 0 aliphatic carbocycles. The number of carboxylic acids is 1. The molecule has 0 spiro atoms. The van der Waals surface area contributed by atoms with Crippen LogP contribution >= 0.6 is 0 Å². The SMILES string of the molecule is CC(C)n1c(/C=C/[C@@H](O)C[C@@H](O)CC(=O)[O-])c(-c2ccc(F)cc2)c(-c2ccccc2)c1C(=O)NCc1cccc(C#N)c1.[Na+]. The number of nitrogens with zero attached hydrogens (tertiary/aromatic N) is 2. The number of carbonyl (C=O) groups excluding carboxylic acids is 2. The molecule has 4 aromatic rings. The molecule has 10 heteroatoms. The zero-order chi connectivity index (χ0) is 31.8. The zero-order valence-electron chi connectivity index (χ0n) is 25.4. The predicted molar refractivity (Wildman–Crippen MR) is 163 cm³/mol. The quantitative estimate of drug-likeness (QED) is 0.207. The fraction of sp³-hybridized carbons (Fsp3) is 0.229. The Labute approximate surface area is 283 Å². The van der Waals surface area contributed by atoms with E-state index in [-0.39, 0.29) is 54.5 Å². The topological polar surface area (TPSA) is 138 Å². The van der Waals surface area contributed by atoms with Crippen molar-refractivity contribution in [1.82, 2.24) is 9.88 Å². The van der Waals surface area contributed by atoms with Crippen LogP contribution in [-0.2, 0) is 11.3 Å². The summed E-state index contributed by atoms with van der Waals surface area (Å²) in [6, 6.07) is 24.0. The number of hydrogen-bond donors (Lipinski definition) is 3. The van der Waals surface area contributed by atoms with Crippen LogP contribution in [0, 0.1) is 17.1 Å². The molecule has 0 aliphatic heterocycles. The summed E-state index contributed by atoms with van der Waals surface area (Å²) >= 11 is 0. The van der Waals surface area contributed by atoms with Crippen molar-refractivity contribution in [2.45, 2.75) is 51.5 Å². The molecule has 0 saturated carbocycles. The molecule has 1 aromatic heterocycles. The maximum atomic E-state index is 14.1. The Morgan fingerprint density at radius 3 is 2.29 bits per heavy atom. The van der Waals surface area contributed by atoms with Gasteiger partial charge >= 0.3 is 29.6 Å². The number of nitrogens with one attached hydrogen (secondary N) is 1. The number of aromatic nitrogens is 1. The van der Waals surface area contributed by atoms with E-state index in [4.69, 9.17) is 0 Å². The molecule has 8 nitrogen and oxygen atoms in total. The normalized spacial score (nSPS) is 12.4. The number of carboxylic acid groups (broad SMARTS) is 1. The van der Waals surface area contributed by atoms with Crippen LogP contribution < -0.4 is 40.0 Å². The summed E-state index contributed by atoms with van der Waals surface area (Å²) in [6.45, 7) is 3.99. The van der Waals surface area contributed by atoms with Crippen molar-refractivity contribution in [3.8, 4) is 28.3 Å². The maximum absolute atomic E-state index is 14.1. The van der Waals surface area contributed by atoms with E-state index >= 15 is 0 Å². The number of aliphatic carboxylic acids is 1. The fourth-order valence-electron chi connectivity index (χ4n) is 5.18. The Kier molecular flexibility index (Phi) is 12.9. The van der Waals surface area contributed by atoms with Crippen LogP contribution in [0.25, 0.3) is 28.3 Å². The van der Waals surface area contributed by atoms with Crippen molar-refractivity contribution in [1.29, 1.82) is 5.26 Å². The number of benzene rings is 3. The second kappa shape index (κ2) is 16.3. The fourth-order valence-corrected chi connectivity index (χ4v) is 5.18. The number of aliphatic hydroxyl groups is 2. The molecule has 1 heterocycles. The molecule has 226 valence electrons. The minimum absolute atomic E-state index is 0. The Hall–Kier alpha value is -4.04. The number of hydrogen-bond acceptors (Lipinski definition) is 6. The molecular formula is C35H33FN3NaO5. The molecule has 1 amide bonds. The van der Waals surface area contributed by atoms with Crippen LogP contribution in [0.3, 0.4) is 0 Å². The molecular weight excluding hydrogens is 584 g/mol. The first-order chi connectivity index (χ1) is 21.1. The molecule has 3 N–H and O–H groups in total. The molecule has 0 bridgehead atoms. The van der Waals surface area contributed by atoms with Gasteiger partial charge in [0.15, 0.2) is 0 Å². The number of halogens is 1. The summed E-state index contributed by atoms with van der Waals surface area (Å²) in [4.78, 5) is 25.0. The third-order valence-electron chi connectivity index (χ3n) is 7.07. The minimum atomic E-state index is -1.43. The first-order valence-corrected chi connectivity index (χ1v) is 14.2. The summed E-state index contributed by atoms with van der Waals surface area (Å²) in [7, 11) is 0. The van der Waals surface area contributed by atoms with Crippen molar-refractivity contribution in [3.63, 3.8) is 0 Å². The molecule has 3 aromatic carbocycles. The van der Waals surface area contributed by atoms with Gasteiger partial charge < -0.3 is 30.0 Å². The summed E-state index contributed by atoms with van der Waals surface area (Å²) in [5, 5.41) is 43.8. The van der Waals surface area contributed by atoms with Crippen LogP contribution in [0.15, 0.2) is 84.9 Å². The number of amides is 1. The van der Waals surface area contributed by atoms with Gasteiger partial charge in [0.05, 0.1) is 23.8 Å². The summed E-state index contributed by atoms with van der Waals surface area (Å²) in [5.74, 6) is -2.23. The van der Waals surface area contributed by atoms with Crippen molar-refractivity contribution in [3.05, 3.63) is 113 Å². The van der Waals surface area contributed by atoms with Gasteiger partial charge in [0.1, 0.15) is 11.5 Å². The Morgan fingerprint density at radius 2 is 1.67 bits per heavy atom. The zero-order valence-corrected chi connectivity index (χ0v) is 27.4. The van der Waals surface area contributed by atoms with Crippen molar-refractivity contribution < 1.29 is 58.9 Å². The van der Waals surface area contributed by atoms with Gasteiger partial charge in [-0.15, -0.1) is 0 Å². The van der Waals surface area contributed by atoms with E-state index in [9.17, 15) is 34.6 Å². The number of rotatable bonds is 12. The van der Waals surface area contributed by atoms with Gasteiger partial charge in [0, 0.05) is 48.2 Å². The second-order valence-corrected chi connectivity index (χ2v) is 10.7. The van der Waals surface area contributed by atoms with Crippen LogP contribution in [0.2, 0.25) is 0 Å².